The van der Waals surface area contributed by atoms with Crippen LogP contribution in [0.25, 0.3) is 33.2 Å². The molecule has 0 spiro atoms. The van der Waals surface area contributed by atoms with Gasteiger partial charge in [0.05, 0.1) is 30.5 Å². The van der Waals surface area contributed by atoms with Crippen LogP contribution >= 0.6 is 11.3 Å². The molecule has 0 radical (unpaired) electrons. The minimum absolute atomic E-state index is 0.273. The number of piperidine rings is 2. The molecule has 0 bridgehead atoms. The summed E-state index contributed by atoms with van der Waals surface area (Å²) in [5, 5.41) is 2.05. The maximum atomic E-state index is 13.2. The molecule has 2 fully saturated rings. The number of nitrogens with zero attached hydrogens (tertiary/aromatic N) is 3. The van der Waals surface area contributed by atoms with E-state index in [4.69, 9.17) is 19.2 Å². The van der Waals surface area contributed by atoms with Gasteiger partial charge in [0.25, 0.3) is 0 Å². The zero-order valence-electron chi connectivity index (χ0n) is 23.6. The number of rotatable bonds is 7. The van der Waals surface area contributed by atoms with Gasteiger partial charge in [-0.3, -0.25) is 0 Å². The van der Waals surface area contributed by atoms with Gasteiger partial charge in [0, 0.05) is 30.3 Å². The fraction of sp³-hybridized carbons (Fsp3) is 0.375. The Balaban J connectivity index is 1.24. The number of H-pyrrole nitrogens is 1. The van der Waals surface area contributed by atoms with Gasteiger partial charge in [0.2, 0.25) is 5.75 Å². The highest BCUT2D eigenvalue weighted by Crippen LogP contribution is 2.43. The number of thiophene rings is 1. The van der Waals surface area contributed by atoms with E-state index in [2.05, 4.69) is 33.5 Å². The standard InChI is InChI=1S/C32H36N4O4S/c1-38-25-20-23(31-33-28(22-10-5-3-6-11-22)29(34-31)27-12-9-19-41-27)21-26(39-2)30(25)40-32(37)36-17-13-24(14-18-36)35-15-7-4-8-16-35/h3,5-6,9-12,19-21,24H,4,7-8,13-18H2,1-2H3,(H,33,34). The number of hydrogen-bond acceptors (Lipinski definition) is 7. The van der Waals surface area contributed by atoms with Crippen molar-refractivity contribution in [2.75, 3.05) is 40.4 Å². The second-order valence-electron chi connectivity index (χ2n) is 10.5. The van der Waals surface area contributed by atoms with Gasteiger partial charge in [-0.25, -0.2) is 9.78 Å². The van der Waals surface area contributed by atoms with E-state index in [1.54, 1.807) is 30.5 Å². The molecule has 2 aliphatic rings. The van der Waals surface area contributed by atoms with E-state index in [1.165, 1.54) is 32.4 Å². The molecule has 214 valence electrons. The summed E-state index contributed by atoms with van der Waals surface area (Å²) in [5.74, 6) is 1.76. The van der Waals surface area contributed by atoms with Crippen LogP contribution in [0.15, 0.2) is 60.0 Å². The maximum absolute atomic E-state index is 13.2. The lowest BCUT2D eigenvalue weighted by molar-refractivity contribution is 0.0870. The average Bonchev–Trinajstić information content (AvgIpc) is 3.73. The molecule has 2 aliphatic heterocycles. The SMILES string of the molecule is COc1cc(-c2nc(-c3ccccc3)c(-c3cccs3)[nH]2)cc(OC)c1OC(=O)N1CCC(N2CCCCC2)CC1. The predicted octanol–water partition coefficient (Wildman–Crippen LogP) is 6.94. The Morgan fingerprint density at radius 2 is 1.61 bits per heavy atom. The number of ether oxygens (including phenoxy) is 3. The maximum Gasteiger partial charge on any atom is 0.415 e. The molecule has 4 aromatic rings. The van der Waals surface area contributed by atoms with E-state index in [0.29, 0.717) is 36.5 Å². The second-order valence-corrected chi connectivity index (χ2v) is 11.5. The normalized spacial score (nSPS) is 16.5. The van der Waals surface area contributed by atoms with Crippen molar-refractivity contribution >= 4 is 17.4 Å². The van der Waals surface area contributed by atoms with Crippen LogP contribution in [-0.4, -0.2) is 72.3 Å². The molecule has 2 saturated heterocycles. The summed E-state index contributed by atoms with van der Waals surface area (Å²) in [6.45, 7) is 3.71. The second kappa shape index (κ2) is 12.4. The van der Waals surface area contributed by atoms with E-state index in [9.17, 15) is 4.79 Å². The molecule has 0 saturated carbocycles. The quantitative estimate of drug-likeness (QED) is 0.258. The van der Waals surface area contributed by atoms with Gasteiger partial charge >= 0.3 is 6.09 Å². The fourth-order valence-corrected chi connectivity index (χ4v) is 6.61. The summed E-state index contributed by atoms with van der Waals surface area (Å²) in [4.78, 5) is 27.2. The minimum atomic E-state index is -0.379. The third kappa shape index (κ3) is 5.83. The number of hydrogen-bond donors (Lipinski definition) is 1. The Hall–Kier alpha value is -3.82. The van der Waals surface area contributed by atoms with Gasteiger partial charge in [-0.2, -0.15) is 0 Å². The van der Waals surface area contributed by atoms with Crippen molar-refractivity contribution in [3.05, 3.63) is 60.0 Å². The van der Waals surface area contributed by atoms with E-state index < -0.39 is 0 Å². The molecule has 1 amide bonds. The number of likely N-dealkylation sites (tertiary alicyclic amines) is 2. The zero-order valence-corrected chi connectivity index (χ0v) is 24.4. The van der Waals surface area contributed by atoms with Crippen molar-refractivity contribution in [1.82, 2.24) is 19.8 Å². The largest absolute Gasteiger partial charge is 0.493 e. The Morgan fingerprint density at radius 1 is 0.902 bits per heavy atom. The van der Waals surface area contributed by atoms with Crippen molar-refractivity contribution in [2.45, 2.75) is 38.1 Å². The number of benzene rings is 2. The first-order chi connectivity index (χ1) is 20.1. The van der Waals surface area contributed by atoms with Crippen molar-refractivity contribution < 1.29 is 19.0 Å². The van der Waals surface area contributed by atoms with Crippen molar-refractivity contribution in [3.8, 4) is 50.5 Å². The van der Waals surface area contributed by atoms with Crippen LogP contribution in [-0.2, 0) is 0 Å². The smallest absolute Gasteiger partial charge is 0.415 e. The van der Waals surface area contributed by atoms with E-state index in [0.717, 1.165) is 40.2 Å². The molecule has 2 aromatic carbocycles. The Morgan fingerprint density at radius 3 is 2.24 bits per heavy atom. The fourth-order valence-electron chi connectivity index (χ4n) is 5.88. The molecule has 0 atom stereocenters. The highest BCUT2D eigenvalue weighted by atomic mass is 32.1. The third-order valence-electron chi connectivity index (χ3n) is 8.07. The number of aromatic nitrogens is 2. The van der Waals surface area contributed by atoms with Gasteiger partial charge < -0.3 is 29.0 Å². The van der Waals surface area contributed by atoms with Gasteiger partial charge in [-0.1, -0.05) is 42.8 Å². The molecule has 8 nitrogen and oxygen atoms in total. The third-order valence-corrected chi connectivity index (χ3v) is 8.96. The molecular weight excluding hydrogens is 536 g/mol. The topological polar surface area (TPSA) is 79.9 Å². The summed E-state index contributed by atoms with van der Waals surface area (Å²) in [5.41, 5.74) is 3.60. The molecule has 2 aromatic heterocycles. The van der Waals surface area contributed by atoms with Crippen LogP contribution in [0.5, 0.6) is 17.2 Å². The molecule has 1 N–H and O–H groups in total. The first-order valence-corrected chi connectivity index (χ1v) is 15.2. The lowest BCUT2D eigenvalue weighted by Gasteiger charge is -2.39. The average molecular weight is 573 g/mol. The Bertz CT molecular complexity index is 1430. The van der Waals surface area contributed by atoms with E-state index >= 15 is 0 Å². The van der Waals surface area contributed by atoms with Crippen LogP contribution in [0.1, 0.15) is 32.1 Å². The van der Waals surface area contributed by atoms with Crippen LogP contribution in [0.2, 0.25) is 0 Å². The first-order valence-electron chi connectivity index (χ1n) is 14.3. The summed E-state index contributed by atoms with van der Waals surface area (Å²) in [7, 11) is 3.13. The predicted molar refractivity (Wildman–Crippen MR) is 162 cm³/mol. The summed E-state index contributed by atoms with van der Waals surface area (Å²) in [6.07, 6.45) is 5.44. The Kier molecular flexibility index (Phi) is 8.25. The molecule has 0 unspecified atom stereocenters. The van der Waals surface area contributed by atoms with Gasteiger partial charge in [0.15, 0.2) is 11.5 Å². The lowest BCUT2D eigenvalue weighted by Crippen LogP contribution is -2.48. The molecule has 9 heteroatoms. The van der Waals surface area contributed by atoms with Gasteiger partial charge in [-0.15, -0.1) is 11.3 Å². The number of nitrogens with one attached hydrogen (secondary N) is 1. The Labute approximate surface area is 244 Å². The number of carbonyl (C=O) groups excluding carboxylic acids is 1. The lowest BCUT2D eigenvalue weighted by atomic mass is 10.0. The van der Waals surface area contributed by atoms with E-state index in [1.807, 2.05) is 36.4 Å². The number of imidazole rings is 1. The summed E-state index contributed by atoms with van der Waals surface area (Å²) >= 11 is 1.65. The molecule has 4 heterocycles. The number of aromatic amines is 1. The summed E-state index contributed by atoms with van der Waals surface area (Å²) in [6, 6.07) is 18.4. The first kappa shape index (κ1) is 27.4. The highest BCUT2D eigenvalue weighted by molar-refractivity contribution is 7.13. The van der Waals surface area contributed by atoms with Crippen LogP contribution in [0.3, 0.4) is 0 Å². The monoisotopic (exact) mass is 572 g/mol. The van der Waals surface area contributed by atoms with Crippen LogP contribution in [0.4, 0.5) is 4.79 Å². The van der Waals surface area contributed by atoms with Crippen molar-refractivity contribution in [3.63, 3.8) is 0 Å². The molecule has 0 aliphatic carbocycles. The molecule has 41 heavy (non-hydrogen) atoms. The number of methoxy groups -OCH3 is 2. The van der Waals surface area contributed by atoms with E-state index in [-0.39, 0.29) is 11.8 Å². The van der Waals surface area contributed by atoms with Crippen LogP contribution in [0, 0.1) is 0 Å². The molecular formula is C32H36N4O4S. The zero-order chi connectivity index (χ0) is 28.2. The number of carbonyl (C=O) groups is 1. The van der Waals surface area contributed by atoms with Crippen LogP contribution < -0.4 is 14.2 Å². The van der Waals surface area contributed by atoms with Gasteiger partial charge in [0.1, 0.15) is 5.82 Å². The minimum Gasteiger partial charge on any atom is -0.493 e. The number of amides is 1. The highest BCUT2D eigenvalue weighted by Gasteiger charge is 2.30. The van der Waals surface area contributed by atoms with Crippen molar-refractivity contribution in [2.24, 2.45) is 0 Å². The van der Waals surface area contributed by atoms with Gasteiger partial charge in [-0.05, 0) is 62.4 Å². The summed E-state index contributed by atoms with van der Waals surface area (Å²) < 4.78 is 17.3. The molecule has 6 rings (SSSR count). The van der Waals surface area contributed by atoms with Crippen molar-refractivity contribution in [1.29, 1.82) is 0 Å².